The van der Waals surface area contributed by atoms with Crippen molar-refractivity contribution in [2.75, 3.05) is 26.8 Å². The van der Waals surface area contributed by atoms with Gasteiger partial charge < -0.3 is 24.0 Å². The fourth-order valence-corrected chi connectivity index (χ4v) is 9.26. The molecule has 2 aliphatic heterocycles. The van der Waals surface area contributed by atoms with E-state index in [0.29, 0.717) is 19.0 Å². The number of rotatable bonds is 2. The molecule has 1 aromatic carbocycles. The van der Waals surface area contributed by atoms with E-state index in [9.17, 15) is 9.59 Å². The number of hydrogen-bond acceptors (Lipinski definition) is 5. The topological polar surface area (TPSA) is 68.3 Å². The third-order valence-corrected chi connectivity index (χ3v) is 10.2. The van der Waals surface area contributed by atoms with E-state index in [0.717, 1.165) is 37.9 Å². The van der Waals surface area contributed by atoms with Gasteiger partial charge in [-0.2, -0.15) is 0 Å². The molecule has 0 spiro atoms. The van der Waals surface area contributed by atoms with Gasteiger partial charge in [0.15, 0.2) is 0 Å². The third kappa shape index (κ3) is 3.81. The zero-order chi connectivity index (χ0) is 27.3. The molecule has 0 radical (unpaired) electrons. The van der Waals surface area contributed by atoms with Crippen molar-refractivity contribution in [1.82, 2.24) is 9.80 Å². The molecule has 1 aromatic rings. The lowest BCUT2D eigenvalue weighted by Crippen LogP contribution is -2.70. The first-order valence-electron chi connectivity index (χ1n) is 13.5. The van der Waals surface area contributed by atoms with Gasteiger partial charge in [0, 0.05) is 36.0 Å². The summed E-state index contributed by atoms with van der Waals surface area (Å²) in [4.78, 5) is 30.6. The molecule has 2 heterocycles. The fraction of sp³-hybridized carbons (Fsp3) is 0.714. The van der Waals surface area contributed by atoms with E-state index in [1.807, 2.05) is 36.6 Å². The lowest BCUT2D eigenvalue weighted by molar-refractivity contribution is -0.101. The molecule has 10 heteroatoms. The largest absolute Gasteiger partial charge is 0.497 e. The zero-order valence-corrected chi connectivity index (χ0v) is 24.5. The van der Waals surface area contributed by atoms with Gasteiger partial charge in [-0.15, -0.1) is 0 Å². The Labute approximate surface area is 239 Å². The predicted molar refractivity (Wildman–Crippen MR) is 145 cm³/mol. The van der Waals surface area contributed by atoms with E-state index in [4.69, 9.17) is 49.0 Å². The van der Waals surface area contributed by atoms with E-state index in [1.54, 1.807) is 7.11 Å². The molecule has 38 heavy (non-hydrogen) atoms. The number of benzene rings is 1. The van der Waals surface area contributed by atoms with Gasteiger partial charge in [-0.1, -0.05) is 40.9 Å². The van der Waals surface area contributed by atoms with Crippen molar-refractivity contribution in [2.24, 2.45) is 17.3 Å². The molecule has 6 atom stereocenters. The summed E-state index contributed by atoms with van der Waals surface area (Å²) in [5.41, 5.74) is 1.82. The van der Waals surface area contributed by atoms with Crippen molar-refractivity contribution >= 4 is 47.0 Å². The van der Waals surface area contributed by atoms with Crippen molar-refractivity contribution in [3.8, 4) is 5.75 Å². The van der Waals surface area contributed by atoms with E-state index in [2.05, 4.69) is 12.1 Å². The average molecular weight is 586 g/mol. The summed E-state index contributed by atoms with van der Waals surface area (Å²) in [6.45, 7) is 6.73. The molecule has 3 aliphatic carbocycles. The summed E-state index contributed by atoms with van der Waals surface area (Å²) >= 11 is 17.6. The van der Waals surface area contributed by atoms with Crippen molar-refractivity contribution in [3.63, 3.8) is 0 Å². The summed E-state index contributed by atoms with van der Waals surface area (Å²) in [7, 11) is 1.70. The summed E-state index contributed by atoms with van der Waals surface area (Å²) in [5, 5.41) is 0. The molecule has 208 valence electrons. The number of hydrogen-bond donors (Lipinski definition) is 0. The Morgan fingerprint density at radius 3 is 2.55 bits per heavy atom. The first kappa shape index (κ1) is 26.6. The lowest BCUT2D eigenvalue weighted by atomic mass is 9.43. The highest BCUT2D eigenvalue weighted by Gasteiger charge is 2.77. The van der Waals surface area contributed by atoms with Gasteiger partial charge in [0.2, 0.25) is 3.79 Å². The van der Waals surface area contributed by atoms with Crippen LogP contribution in [0, 0.1) is 17.3 Å². The van der Waals surface area contributed by atoms with Crippen molar-refractivity contribution in [3.05, 3.63) is 29.3 Å². The first-order valence-corrected chi connectivity index (χ1v) is 14.6. The second kappa shape index (κ2) is 8.71. The maximum absolute atomic E-state index is 13.5. The number of likely N-dealkylation sites (tertiary alicyclic amines) is 2. The summed E-state index contributed by atoms with van der Waals surface area (Å²) in [6, 6.07) is 6.50. The van der Waals surface area contributed by atoms with Crippen molar-refractivity contribution in [2.45, 2.75) is 79.8 Å². The van der Waals surface area contributed by atoms with Crippen LogP contribution in [0.25, 0.3) is 0 Å². The van der Waals surface area contributed by atoms with Crippen LogP contribution < -0.4 is 4.74 Å². The average Bonchev–Trinajstić information content (AvgIpc) is 3.27. The van der Waals surface area contributed by atoms with Crippen molar-refractivity contribution in [1.29, 1.82) is 0 Å². The number of methoxy groups -OCH3 is 1. The summed E-state index contributed by atoms with van der Waals surface area (Å²) in [6.07, 6.45) is 3.76. The van der Waals surface area contributed by atoms with Crippen LogP contribution >= 0.6 is 34.8 Å². The molecule has 0 N–H and O–H groups in total. The van der Waals surface area contributed by atoms with Gasteiger partial charge in [-0.3, -0.25) is 0 Å². The maximum Gasteiger partial charge on any atom is 0.410 e. The highest BCUT2D eigenvalue weighted by molar-refractivity contribution is 6.67. The first-order chi connectivity index (χ1) is 17.8. The lowest BCUT2D eigenvalue weighted by Gasteiger charge is -2.66. The Hall–Kier alpha value is -1.57. The Balaban J connectivity index is 1.41. The number of fused-ring (bicyclic) bond motifs is 1. The minimum atomic E-state index is -1.65. The third-order valence-electron chi connectivity index (χ3n) is 9.92. The number of carbonyl (C=O) groups is 2. The monoisotopic (exact) mass is 584 g/mol. The van der Waals surface area contributed by atoms with E-state index >= 15 is 0 Å². The normalized spacial score (nSPS) is 34.9. The van der Waals surface area contributed by atoms with Gasteiger partial charge in [0.05, 0.1) is 7.11 Å². The Bertz CT molecular complexity index is 1170. The summed E-state index contributed by atoms with van der Waals surface area (Å²) < 4.78 is 15.4. The minimum absolute atomic E-state index is 0.0457. The number of alkyl halides is 3. The fourth-order valence-electron chi connectivity index (χ4n) is 9.09. The second-order valence-corrected chi connectivity index (χ2v) is 15.2. The number of halogens is 3. The van der Waals surface area contributed by atoms with Crippen molar-refractivity contribution < 1.29 is 23.8 Å². The van der Waals surface area contributed by atoms with Crippen LogP contribution in [-0.4, -0.2) is 70.3 Å². The molecular formula is C28H35Cl3N2O5. The van der Waals surface area contributed by atoms with E-state index in [-0.39, 0.29) is 41.5 Å². The van der Waals surface area contributed by atoms with Gasteiger partial charge in [-0.05, 0) is 88.0 Å². The van der Waals surface area contributed by atoms with Gasteiger partial charge in [0.1, 0.15) is 18.0 Å². The number of ether oxygens (including phenoxy) is 3. The van der Waals surface area contributed by atoms with Crippen LogP contribution in [0.3, 0.4) is 0 Å². The Kier molecular flexibility index (Phi) is 6.11. The summed E-state index contributed by atoms with van der Waals surface area (Å²) in [5.74, 6) is 1.42. The SMILES string of the molecule is COc1ccc2c(c1)C13CCN(C(=O)OC(C)(C)C)C(C2)C12CCC1C3[C@H](CN1C(=O)OCC(Cl)(Cl)Cl)C2. The molecule has 2 amide bonds. The van der Waals surface area contributed by atoms with Gasteiger partial charge >= 0.3 is 12.2 Å². The molecule has 2 saturated carbocycles. The highest BCUT2D eigenvalue weighted by atomic mass is 35.6. The quantitative estimate of drug-likeness (QED) is 0.392. The molecule has 2 saturated heterocycles. The highest BCUT2D eigenvalue weighted by Crippen LogP contribution is 2.75. The molecule has 5 unspecified atom stereocenters. The molecule has 5 aliphatic rings. The smallest absolute Gasteiger partial charge is 0.410 e. The Morgan fingerprint density at radius 1 is 1.11 bits per heavy atom. The zero-order valence-electron chi connectivity index (χ0n) is 22.3. The number of carbonyl (C=O) groups excluding carboxylic acids is 2. The molecule has 4 bridgehead atoms. The Morgan fingerprint density at radius 2 is 1.87 bits per heavy atom. The molecular weight excluding hydrogens is 551 g/mol. The van der Waals surface area contributed by atoms with Crippen LogP contribution in [0.4, 0.5) is 9.59 Å². The van der Waals surface area contributed by atoms with Crippen LogP contribution in [-0.2, 0) is 21.3 Å². The molecule has 4 fully saturated rings. The predicted octanol–water partition coefficient (Wildman–Crippen LogP) is 6.11. The van der Waals surface area contributed by atoms with Crippen LogP contribution in [0.2, 0.25) is 0 Å². The van der Waals surface area contributed by atoms with Crippen LogP contribution in [0.1, 0.15) is 57.6 Å². The molecule has 0 aromatic heterocycles. The number of nitrogens with zero attached hydrogens (tertiary/aromatic N) is 2. The minimum Gasteiger partial charge on any atom is -0.497 e. The second-order valence-electron chi connectivity index (χ2n) is 12.7. The van der Waals surface area contributed by atoms with E-state index < -0.39 is 15.5 Å². The van der Waals surface area contributed by atoms with Crippen LogP contribution in [0.5, 0.6) is 5.75 Å². The molecule has 7 nitrogen and oxygen atoms in total. The van der Waals surface area contributed by atoms with E-state index in [1.165, 1.54) is 11.1 Å². The standard InChI is InChI=1S/C28H35Cl3N2O5/c1-25(2,3)38-24(35)32-10-9-27-19-12-18(36-4)6-5-16(19)11-21(32)26(27)8-7-20-22(27)17(13-26)14-33(20)23(34)37-15-28(29,30)31/h5-6,12,17,20-22H,7-11,13-15H2,1-4H3/t17-,20?,21?,22?,26?,27?/m0/s1. The molecule has 6 rings (SSSR count). The van der Waals surface area contributed by atoms with Gasteiger partial charge in [0.25, 0.3) is 0 Å². The number of amides is 2. The van der Waals surface area contributed by atoms with Gasteiger partial charge in [-0.25, -0.2) is 9.59 Å². The number of piperidine rings is 1. The maximum atomic E-state index is 13.5. The van der Waals surface area contributed by atoms with Crippen LogP contribution in [0.15, 0.2) is 18.2 Å².